The van der Waals surface area contributed by atoms with Gasteiger partial charge in [-0.25, -0.2) is 13.2 Å². The van der Waals surface area contributed by atoms with E-state index >= 15 is 0 Å². The van der Waals surface area contributed by atoms with Gasteiger partial charge in [-0.2, -0.15) is 0 Å². The molecule has 1 atom stereocenters. The first kappa shape index (κ1) is 15.5. The van der Waals surface area contributed by atoms with Gasteiger partial charge in [-0.15, -0.1) is 11.6 Å². The Balaban J connectivity index is 2.47. The lowest BCUT2D eigenvalue weighted by Gasteiger charge is -2.16. The van der Waals surface area contributed by atoms with E-state index in [2.05, 4.69) is 0 Å². The number of alkyl halides is 1. The normalized spacial score (nSPS) is 12.1. The molecule has 0 radical (unpaired) electrons. The summed E-state index contributed by atoms with van der Waals surface area (Å²) in [6.45, 7) is 0. The molecule has 2 aromatic carbocycles. The molecular formula is C15H12ClF3O2. The van der Waals surface area contributed by atoms with Crippen LogP contribution in [0.5, 0.6) is 11.5 Å². The zero-order chi connectivity index (χ0) is 15.6. The summed E-state index contributed by atoms with van der Waals surface area (Å²) in [6, 6.07) is 6.58. The number of hydrogen-bond acceptors (Lipinski definition) is 2. The first-order valence-corrected chi connectivity index (χ1v) is 6.42. The van der Waals surface area contributed by atoms with Crippen molar-refractivity contribution in [2.75, 3.05) is 14.2 Å². The number of hydrogen-bond donors (Lipinski definition) is 0. The van der Waals surface area contributed by atoms with Crippen LogP contribution in [0, 0.1) is 17.5 Å². The first-order valence-electron chi connectivity index (χ1n) is 5.98. The van der Waals surface area contributed by atoms with E-state index < -0.39 is 22.8 Å². The Morgan fingerprint density at radius 2 is 1.57 bits per heavy atom. The van der Waals surface area contributed by atoms with Crippen molar-refractivity contribution >= 4 is 11.6 Å². The van der Waals surface area contributed by atoms with Crippen LogP contribution in [0.2, 0.25) is 0 Å². The Hall–Kier alpha value is -1.88. The van der Waals surface area contributed by atoms with Gasteiger partial charge in [-0.3, -0.25) is 0 Å². The van der Waals surface area contributed by atoms with Gasteiger partial charge in [0.15, 0.2) is 17.5 Å². The predicted octanol–water partition coefficient (Wildman–Crippen LogP) is 4.45. The smallest absolute Gasteiger partial charge is 0.194 e. The summed E-state index contributed by atoms with van der Waals surface area (Å²) in [5.41, 5.74) is 0.585. The van der Waals surface area contributed by atoms with Crippen LogP contribution in [0.4, 0.5) is 13.2 Å². The number of benzene rings is 2. The molecule has 0 heterocycles. The maximum Gasteiger partial charge on any atom is 0.194 e. The van der Waals surface area contributed by atoms with Crippen LogP contribution in [-0.4, -0.2) is 14.2 Å². The third kappa shape index (κ3) is 3.08. The highest BCUT2D eigenvalue weighted by Gasteiger charge is 2.20. The molecule has 1 unspecified atom stereocenters. The third-order valence-corrected chi connectivity index (χ3v) is 3.50. The van der Waals surface area contributed by atoms with Crippen LogP contribution >= 0.6 is 11.6 Å². The highest BCUT2D eigenvalue weighted by Crippen LogP contribution is 2.37. The lowest BCUT2D eigenvalue weighted by atomic mass is 10.0. The van der Waals surface area contributed by atoms with Crippen molar-refractivity contribution in [2.24, 2.45) is 0 Å². The standard InChI is InChI=1S/C15H12ClF3O2/c1-20-9-3-4-10(13(7-9)21-2)14(16)8-5-11(17)15(19)12(18)6-8/h3-7,14H,1-2H3. The average Bonchev–Trinajstić information content (AvgIpc) is 2.50. The fraction of sp³-hybridized carbons (Fsp3) is 0.200. The first-order chi connectivity index (χ1) is 9.97. The lowest BCUT2D eigenvalue weighted by molar-refractivity contribution is 0.391. The van der Waals surface area contributed by atoms with Crippen LogP contribution in [0.25, 0.3) is 0 Å². The van der Waals surface area contributed by atoms with Gasteiger partial charge in [0.05, 0.1) is 19.6 Å². The molecule has 2 nitrogen and oxygen atoms in total. The zero-order valence-electron chi connectivity index (χ0n) is 11.3. The number of rotatable bonds is 4. The highest BCUT2D eigenvalue weighted by molar-refractivity contribution is 6.22. The summed E-state index contributed by atoms with van der Waals surface area (Å²) in [6.07, 6.45) is 0. The van der Waals surface area contributed by atoms with Crippen LogP contribution < -0.4 is 9.47 Å². The second-order valence-corrected chi connectivity index (χ2v) is 4.71. The van der Waals surface area contributed by atoms with Gasteiger partial charge in [0.25, 0.3) is 0 Å². The molecule has 21 heavy (non-hydrogen) atoms. The largest absolute Gasteiger partial charge is 0.497 e. The molecule has 112 valence electrons. The molecule has 6 heteroatoms. The van der Waals surface area contributed by atoms with Crippen molar-refractivity contribution in [1.82, 2.24) is 0 Å². The molecule has 0 amide bonds. The van der Waals surface area contributed by atoms with Gasteiger partial charge in [0.2, 0.25) is 0 Å². The highest BCUT2D eigenvalue weighted by atomic mass is 35.5. The van der Waals surface area contributed by atoms with Crippen molar-refractivity contribution in [3.8, 4) is 11.5 Å². The molecule has 0 aliphatic rings. The summed E-state index contributed by atoms with van der Waals surface area (Å²) in [7, 11) is 2.94. The molecule has 2 aromatic rings. The van der Waals surface area contributed by atoms with E-state index in [1.807, 2.05) is 0 Å². The second-order valence-electron chi connectivity index (χ2n) is 4.27. The molecule has 0 spiro atoms. The minimum atomic E-state index is -1.52. The Kier molecular flexibility index (Phi) is 4.63. The summed E-state index contributed by atoms with van der Waals surface area (Å²) >= 11 is 6.23. The predicted molar refractivity (Wildman–Crippen MR) is 73.6 cm³/mol. The van der Waals surface area contributed by atoms with Gasteiger partial charge >= 0.3 is 0 Å². The summed E-state index contributed by atoms with van der Waals surface area (Å²) in [5.74, 6) is -3.15. The topological polar surface area (TPSA) is 18.5 Å². The number of halogens is 4. The number of methoxy groups -OCH3 is 2. The van der Waals surface area contributed by atoms with E-state index in [-0.39, 0.29) is 5.56 Å². The van der Waals surface area contributed by atoms with Crippen molar-refractivity contribution in [3.05, 3.63) is 58.9 Å². The van der Waals surface area contributed by atoms with Crippen LogP contribution in [-0.2, 0) is 0 Å². The SMILES string of the molecule is COc1ccc(C(Cl)c2cc(F)c(F)c(F)c2)c(OC)c1. The Labute approximate surface area is 125 Å². The molecular weight excluding hydrogens is 305 g/mol. The average molecular weight is 317 g/mol. The van der Waals surface area contributed by atoms with E-state index in [1.54, 1.807) is 18.2 Å². The molecule has 2 rings (SSSR count). The summed E-state index contributed by atoms with van der Waals surface area (Å²) < 4.78 is 49.8. The fourth-order valence-corrected chi connectivity index (χ4v) is 2.24. The Morgan fingerprint density at radius 3 is 2.10 bits per heavy atom. The van der Waals surface area contributed by atoms with Crippen molar-refractivity contribution in [1.29, 1.82) is 0 Å². The monoisotopic (exact) mass is 316 g/mol. The molecule has 0 bridgehead atoms. The van der Waals surface area contributed by atoms with Crippen LogP contribution in [0.1, 0.15) is 16.5 Å². The maximum absolute atomic E-state index is 13.3. The minimum absolute atomic E-state index is 0.0940. The fourth-order valence-electron chi connectivity index (χ4n) is 1.93. The van der Waals surface area contributed by atoms with Gasteiger partial charge < -0.3 is 9.47 Å². The van der Waals surface area contributed by atoms with Crippen molar-refractivity contribution in [3.63, 3.8) is 0 Å². The van der Waals surface area contributed by atoms with E-state index in [4.69, 9.17) is 21.1 Å². The van der Waals surface area contributed by atoms with Crippen molar-refractivity contribution in [2.45, 2.75) is 5.38 Å². The Bertz CT molecular complexity index is 638. The Morgan fingerprint density at radius 1 is 0.952 bits per heavy atom. The van der Waals surface area contributed by atoms with Crippen LogP contribution in [0.3, 0.4) is 0 Å². The molecule has 0 saturated heterocycles. The molecule has 0 aliphatic carbocycles. The molecule has 0 aromatic heterocycles. The second kappa shape index (κ2) is 6.26. The minimum Gasteiger partial charge on any atom is -0.497 e. The molecule has 0 fully saturated rings. The third-order valence-electron chi connectivity index (χ3n) is 3.01. The van der Waals surface area contributed by atoms with E-state index in [1.165, 1.54) is 14.2 Å². The maximum atomic E-state index is 13.3. The van der Waals surface area contributed by atoms with E-state index in [0.29, 0.717) is 17.1 Å². The van der Waals surface area contributed by atoms with Gasteiger partial charge in [-0.05, 0) is 29.8 Å². The van der Waals surface area contributed by atoms with Crippen LogP contribution in [0.15, 0.2) is 30.3 Å². The summed E-state index contributed by atoms with van der Waals surface area (Å²) in [4.78, 5) is 0. The van der Waals surface area contributed by atoms with Gasteiger partial charge in [0, 0.05) is 11.6 Å². The summed E-state index contributed by atoms with van der Waals surface area (Å²) in [5, 5.41) is -0.893. The zero-order valence-corrected chi connectivity index (χ0v) is 12.0. The molecule has 0 saturated carbocycles. The van der Waals surface area contributed by atoms with Gasteiger partial charge in [0.1, 0.15) is 11.5 Å². The lowest BCUT2D eigenvalue weighted by Crippen LogP contribution is -2.01. The number of ether oxygens (including phenoxy) is 2. The quantitative estimate of drug-likeness (QED) is 0.613. The van der Waals surface area contributed by atoms with E-state index in [9.17, 15) is 13.2 Å². The van der Waals surface area contributed by atoms with Crippen molar-refractivity contribution < 1.29 is 22.6 Å². The molecule has 0 N–H and O–H groups in total. The van der Waals surface area contributed by atoms with E-state index in [0.717, 1.165) is 12.1 Å². The molecule has 0 aliphatic heterocycles. The van der Waals surface area contributed by atoms with Gasteiger partial charge in [-0.1, -0.05) is 0 Å².